The number of hydrogen-bond acceptors (Lipinski definition) is 4. The minimum absolute atomic E-state index is 0.117. The zero-order valence-corrected chi connectivity index (χ0v) is 15.8. The van der Waals surface area contributed by atoms with Gasteiger partial charge < -0.3 is 10.2 Å². The van der Waals surface area contributed by atoms with Crippen LogP contribution in [-0.4, -0.2) is 51.9 Å². The molecule has 0 bridgehead atoms. The summed E-state index contributed by atoms with van der Waals surface area (Å²) in [6, 6.07) is 6.14. The highest BCUT2D eigenvalue weighted by molar-refractivity contribution is 7.89. The molecule has 2 rings (SSSR count). The minimum atomic E-state index is -3.55. The van der Waals surface area contributed by atoms with Crippen molar-refractivity contribution in [2.45, 2.75) is 43.9 Å². The summed E-state index contributed by atoms with van der Waals surface area (Å²) in [5, 5.41) is 2.88. The highest BCUT2D eigenvalue weighted by Gasteiger charge is 2.15. The summed E-state index contributed by atoms with van der Waals surface area (Å²) in [7, 11) is -3.55. The molecule has 0 atom stereocenters. The van der Waals surface area contributed by atoms with Crippen molar-refractivity contribution in [3.63, 3.8) is 0 Å². The SMILES string of the molecule is CCNS(=O)(=O)c1cccc(C(=O)NCCCN2CCCCCC2)c1. The molecule has 25 heavy (non-hydrogen) atoms. The lowest BCUT2D eigenvalue weighted by atomic mass is 10.2. The zero-order chi connectivity index (χ0) is 18.1. The van der Waals surface area contributed by atoms with Crippen LogP contribution in [0.5, 0.6) is 0 Å². The van der Waals surface area contributed by atoms with Gasteiger partial charge in [-0.3, -0.25) is 4.79 Å². The van der Waals surface area contributed by atoms with Crippen molar-refractivity contribution >= 4 is 15.9 Å². The number of likely N-dealkylation sites (tertiary alicyclic amines) is 1. The van der Waals surface area contributed by atoms with Crippen molar-refractivity contribution < 1.29 is 13.2 Å². The third-order valence-corrected chi connectivity index (χ3v) is 5.92. The lowest BCUT2D eigenvalue weighted by Gasteiger charge is -2.19. The molecule has 0 aromatic heterocycles. The molecule has 2 N–H and O–H groups in total. The first-order valence-electron chi connectivity index (χ1n) is 9.13. The molecule has 140 valence electrons. The summed E-state index contributed by atoms with van der Waals surface area (Å²) in [5.41, 5.74) is 0.369. The van der Waals surface area contributed by atoms with E-state index < -0.39 is 10.0 Å². The van der Waals surface area contributed by atoms with E-state index in [4.69, 9.17) is 0 Å². The average molecular weight is 368 g/mol. The van der Waals surface area contributed by atoms with Gasteiger partial charge >= 0.3 is 0 Å². The van der Waals surface area contributed by atoms with Gasteiger partial charge in [0, 0.05) is 18.7 Å². The quantitative estimate of drug-likeness (QED) is 0.689. The van der Waals surface area contributed by atoms with Crippen molar-refractivity contribution in [2.24, 2.45) is 0 Å². The maximum absolute atomic E-state index is 12.2. The van der Waals surface area contributed by atoms with Crippen molar-refractivity contribution in [3.8, 4) is 0 Å². The number of sulfonamides is 1. The summed E-state index contributed by atoms with van der Waals surface area (Å²) in [5.74, 6) is -0.232. The molecule has 1 heterocycles. The van der Waals surface area contributed by atoms with E-state index in [2.05, 4.69) is 14.9 Å². The maximum Gasteiger partial charge on any atom is 0.251 e. The first kappa shape index (κ1) is 19.9. The molecular weight excluding hydrogens is 338 g/mol. The van der Waals surface area contributed by atoms with Crippen LogP contribution in [0.25, 0.3) is 0 Å². The predicted octanol–water partition coefficient (Wildman–Crippen LogP) is 1.98. The Morgan fingerprint density at radius 2 is 1.88 bits per heavy atom. The topological polar surface area (TPSA) is 78.5 Å². The Kier molecular flexibility index (Phi) is 7.87. The minimum Gasteiger partial charge on any atom is -0.352 e. The first-order valence-corrected chi connectivity index (χ1v) is 10.6. The molecular formula is C18H29N3O3S. The Morgan fingerprint density at radius 1 is 1.16 bits per heavy atom. The molecule has 0 radical (unpaired) electrons. The Morgan fingerprint density at radius 3 is 2.56 bits per heavy atom. The molecule has 1 aliphatic rings. The van der Waals surface area contributed by atoms with Gasteiger partial charge in [-0.1, -0.05) is 25.8 Å². The highest BCUT2D eigenvalue weighted by Crippen LogP contribution is 2.12. The van der Waals surface area contributed by atoms with Crippen LogP contribution in [0.1, 0.15) is 49.4 Å². The van der Waals surface area contributed by atoms with Gasteiger partial charge in [-0.2, -0.15) is 0 Å². The molecule has 7 heteroatoms. The molecule has 1 fully saturated rings. The van der Waals surface area contributed by atoms with Crippen LogP contribution in [0.4, 0.5) is 0 Å². The van der Waals surface area contributed by atoms with Crippen molar-refractivity contribution in [3.05, 3.63) is 29.8 Å². The number of benzene rings is 1. The second kappa shape index (κ2) is 9.89. The lowest BCUT2D eigenvalue weighted by Crippen LogP contribution is -2.30. The number of amides is 1. The van der Waals surface area contributed by atoms with Crippen LogP contribution in [-0.2, 0) is 10.0 Å². The molecule has 1 aliphatic heterocycles. The Labute approximate surface area is 151 Å². The van der Waals surface area contributed by atoms with E-state index in [-0.39, 0.29) is 10.8 Å². The largest absolute Gasteiger partial charge is 0.352 e. The molecule has 0 unspecified atom stereocenters. The number of carbonyl (C=O) groups excluding carboxylic acids is 1. The van der Waals surface area contributed by atoms with Crippen LogP contribution < -0.4 is 10.0 Å². The Bertz CT molecular complexity index is 653. The predicted molar refractivity (Wildman–Crippen MR) is 99.2 cm³/mol. The Hall–Kier alpha value is -1.44. The van der Waals surface area contributed by atoms with Crippen LogP contribution in [0.15, 0.2) is 29.2 Å². The van der Waals surface area contributed by atoms with Gasteiger partial charge in [0.2, 0.25) is 10.0 Å². The molecule has 1 aromatic rings. The number of hydrogen-bond donors (Lipinski definition) is 2. The van der Waals surface area contributed by atoms with E-state index in [0.717, 1.165) is 26.1 Å². The number of nitrogens with zero attached hydrogens (tertiary/aromatic N) is 1. The van der Waals surface area contributed by atoms with Gasteiger partial charge in [0.25, 0.3) is 5.91 Å². The first-order chi connectivity index (χ1) is 12.0. The zero-order valence-electron chi connectivity index (χ0n) is 15.0. The Balaban J connectivity index is 1.82. The molecule has 0 saturated carbocycles. The van der Waals surface area contributed by atoms with Crippen LogP contribution >= 0.6 is 0 Å². The molecule has 1 amide bonds. The van der Waals surface area contributed by atoms with Crippen molar-refractivity contribution in [1.29, 1.82) is 0 Å². The van der Waals surface area contributed by atoms with Gasteiger partial charge in [0.15, 0.2) is 0 Å². The van der Waals surface area contributed by atoms with Gasteiger partial charge in [0.1, 0.15) is 0 Å². The second-order valence-corrected chi connectivity index (χ2v) is 8.16. The van der Waals surface area contributed by atoms with E-state index in [1.165, 1.54) is 37.8 Å². The van der Waals surface area contributed by atoms with E-state index in [1.54, 1.807) is 19.1 Å². The smallest absolute Gasteiger partial charge is 0.251 e. The molecule has 1 saturated heterocycles. The number of rotatable bonds is 8. The molecule has 6 nitrogen and oxygen atoms in total. The molecule has 0 aliphatic carbocycles. The maximum atomic E-state index is 12.2. The molecule has 1 aromatic carbocycles. The van der Waals surface area contributed by atoms with E-state index in [0.29, 0.717) is 18.7 Å². The van der Waals surface area contributed by atoms with Crippen LogP contribution in [0.2, 0.25) is 0 Å². The standard InChI is InChI=1S/C18H29N3O3S/c1-2-20-25(23,24)17-10-7-9-16(15-17)18(22)19-11-8-14-21-12-5-3-4-6-13-21/h7,9-10,15,20H,2-6,8,11-14H2,1H3,(H,19,22). The fourth-order valence-electron chi connectivity index (χ4n) is 3.04. The normalized spacial score (nSPS) is 16.4. The van der Waals surface area contributed by atoms with E-state index in [9.17, 15) is 13.2 Å². The lowest BCUT2D eigenvalue weighted by molar-refractivity contribution is 0.0951. The third kappa shape index (κ3) is 6.41. The molecule has 0 spiro atoms. The van der Waals surface area contributed by atoms with Crippen molar-refractivity contribution in [2.75, 3.05) is 32.7 Å². The van der Waals surface area contributed by atoms with Gasteiger partial charge in [-0.15, -0.1) is 0 Å². The average Bonchev–Trinajstić information content (AvgIpc) is 2.87. The van der Waals surface area contributed by atoms with E-state index in [1.807, 2.05) is 0 Å². The summed E-state index contributed by atoms with van der Waals surface area (Å²) < 4.78 is 26.5. The monoisotopic (exact) mass is 367 g/mol. The fourth-order valence-corrected chi connectivity index (χ4v) is 4.13. The van der Waals surface area contributed by atoms with Crippen molar-refractivity contribution in [1.82, 2.24) is 14.9 Å². The highest BCUT2D eigenvalue weighted by atomic mass is 32.2. The number of carbonyl (C=O) groups is 1. The number of nitrogens with one attached hydrogen (secondary N) is 2. The summed E-state index contributed by atoms with van der Waals surface area (Å²) in [4.78, 5) is 14.8. The van der Waals surface area contributed by atoms with Gasteiger partial charge in [-0.05, 0) is 57.1 Å². The van der Waals surface area contributed by atoms with Gasteiger partial charge in [0.05, 0.1) is 4.90 Å². The van der Waals surface area contributed by atoms with Crippen LogP contribution in [0, 0.1) is 0 Å². The van der Waals surface area contributed by atoms with Crippen LogP contribution in [0.3, 0.4) is 0 Å². The van der Waals surface area contributed by atoms with E-state index >= 15 is 0 Å². The summed E-state index contributed by atoms with van der Waals surface area (Å²) >= 11 is 0. The van der Waals surface area contributed by atoms with Gasteiger partial charge in [-0.25, -0.2) is 13.1 Å². The second-order valence-electron chi connectivity index (χ2n) is 6.39. The summed E-state index contributed by atoms with van der Waals surface area (Å²) in [6.07, 6.45) is 6.07. The third-order valence-electron chi connectivity index (χ3n) is 4.38. The summed E-state index contributed by atoms with van der Waals surface area (Å²) in [6.45, 7) is 5.93. The fraction of sp³-hybridized carbons (Fsp3) is 0.611.